The summed E-state index contributed by atoms with van der Waals surface area (Å²) in [5.74, 6) is -3.41. The van der Waals surface area contributed by atoms with Gasteiger partial charge in [0, 0.05) is 33.1 Å². The molecule has 2 aromatic rings. The number of ether oxygens (including phenoxy) is 1. The normalized spacial score (nSPS) is 11.4. The first-order chi connectivity index (χ1) is 9.79. The highest BCUT2D eigenvalue weighted by atomic mass is 79.9. The Morgan fingerprint density at radius 2 is 1.95 bits per heavy atom. The molecule has 0 N–H and O–H groups in total. The van der Waals surface area contributed by atoms with Crippen LogP contribution in [0.5, 0.6) is 5.75 Å². The number of pyridine rings is 1. The largest absolute Gasteiger partial charge is 0.486 e. The molecule has 0 aliphatic rings. The summed E-state index contributed by atoms with van der Waals surface area (Å²) in [4.78, 5) is 2.96. The molecule has 0 unspecified atom stereocenters. The highest BCUT2D eigenvalue weighted by Gasteiger charge is 2.22. The third-order valence-corrected chi connectivity index (χ3v) is 4.20. The number of rotatable bonds is 4. The van der Waals surface area contributed by atoms with Gasteiger partial charge in [0.1, 0.15) is 11.5 Å². The van der Waals surface area contributed by atoms with Crippen molar-refractivity contribution in [1.82, 2.24) is 4.98 Å². The Bertz CT molecular complexity index is 786. The van der Waals surface area contributed by atoms with Crippen LogP contribution in [0.1, 0.15) is 5.56 Å². The van der Waals surface area contributed by atoms with E-state index in [-0.39, 0.29) is 6.61 Å². The van der Waals surface area contributed by atoms with E-state index in [0.29, 0.717) is 10.0 Å². The van der Waals surface area contributed by atoms with Crippen molar-refractivity contribution in [2.75, 3.05) is 0 Å². The molecule has 1 aromatic heterocycles. The molecule has 21 heavy (non-hydrogen) atoms. The fraction of sp³-hybridized carbons (Fsp3) is 0.0833. The molecule has 0 aliphatic heterocycles. The molecule has 0 radical (unpaired) electrons. The standard InChI is InChI=1S/C12H7BrClF2NO3S/c13-8-3-7(4-17-5-8)6-20-9-1-2-10(21(14,18)19)12(16)11(9)15/h1-5H,6H2. The Morgan fingerprint density at radius 3 is 2.57 bits per heavy atom. The molecule has 0 atom stereocenters. The van der Waals surface area contributed by atoms with Gasteiger partial charge >= 0.3 is 0 Å². The molecule has 1 heterocycles. The maximum absolute atomic E-state index is 13.7. The average molecular weight is 399 g/mol. The monoisotopic (exact) mass is 397 g/mol. The number of nitrogens with zero attached hydrogens (tertiary/aromatic N) is 1. The molecule has 112 valence electrons. The minimum atomic E-state index is -4.36. The van der Waals surface area contributed by atoms with Crippen LogP contribution in [-0.2, 0) is 15.7 Å². The smallest absolute Gasteiger partial charge is 0.264 e. The van der Waals surface area contributed by atoms with Crippen molar-refractivity contribution in [3.8, 4) is 5.75 Å². The van der Waals surface area contributed by atoms with Crippen LogP contribution in [0.2, 0.25) is 0 Å². The van der Waals surface area contributed by atoms with Crippen LogP contribution < -0.4 is 4.74 Å². The van der Waals surface area contributed by atoms with Crippen LogP contribution in [0, 0.1) is 11.6 Å². The van der Waals surface area contributed by atoms with Crippen molar-refractivity contribution in [2.45, 2.75) is 11.5 Å². The second-order valence-electron chi connectivity index (χ2n) is 3.93. The third-order valence-electron chi connectivity index (χ3n) is 2.43. The first-order valence-corrected chi connectivity index (χ1v) is 8.54. The van der Waals surface area contributed by atoms with Crippen LogP contribution in [0.25, 0.3) is 0 Å². The zero-order chi connectivity index (χ0) is 15.6. The van der Waals surface area contributed by atoms with E-state index in [2.05, 4.69) is 20.9 Å². The molecule has 0 spiro atoms. The highest BCUT2D eigenvalue weighted by molar-refractivity contribution is 9.10. The Kier molecular flexibility index (Phi) is 4.80. The second kappa shape index (κ2) is 6.25. The lowest BCUT2D eigenvalue weighted by atomic mass is 10.3. The number of halogens is 4. The maximum atomic E-state index is 13.7. The van der Waals surface area contributed by atoms with Crippen molar-refractivity contribution < 1.29 is 21.9 Å². The summed E-state index contributed by atoms with van der Waals surface area (Å²) in [6.07, 6.45) is 3.06. The molecule has 0 saturated heterocycles. The van der Waals surface area contributed by atoms with Crippen molar-refractivity contribution in [3.05, 3.63) is 52.3 Å². The molecular weight excluding hydrogens is 392 g/mol. The summed E-state index contributed by atoms with van der Waals surface area (Å²) in [5, 5.41) is 0. The van der Waals surface area contributed by atoms with E-state index >= 15 is 0 Å². The molecule has 0 saturated carbocycles. The fourth-order valence-electron chi connectivity index (χ4n) is 1.51. The quantitative estimate of drug-likeness (QED) is 0.738. The van der Waals surface area contributed by atoms with Gasteiger partial charge in [-0.2, -0.15) is 4.39 Å². The SMILES string of the molecule is O=S(=O)(Cl)c1ccc(OCc2cncc(Br)c2)c(F)c1F. The first-order valence-electron chi connectivity index (χ1n) is 5.44. The molecule has 0 aliphatic carbocycles. The zero-order valence-electron chi connectivity index (χ0n) is 10.2. The van der Waals surface area contributed by atoms with Crippen molar-refractivity contribution in [2.24, 2.45) is 0 Å². The topological polar surface area (TPSA) is 56.3 Å². The molecule has 9 heteroatoms. The Balaban J connectivity index is 2.24. The van der Waals surface area contributed by atoms with Gasteiger partial charge in [0.05, 0.1) is 0 Å². The number of benzene rings is 1. The predicted molar refractivity (Wildman–Crippen MR) is 75.7 cm³/mol. The summed E-state index contributed by atoms with van der Waals surface area (Å²) in [5.41, 5.74) is 0.623. The second-order valence-corrected chi connectivity index (χ2v) is 7.38. The van der Waals surface area contributed by atoms with Gasteiger partial charge in [-0.15, -0.1) is 0 Å². The summed E-state index contributed by atoms with van der Waals surface area (Å²) < 4.78 is 55.2. The van der Waals surface area contributed by atoms with Crippen molar-refractivity contribution in [3.63, 3.8) is 0 Å². The van der Waals surface area contributed by atoms with Gasteiger partial charge in [0.2, 0.25) is 5.82 Å². The highest BCUT2D eigenvalue weighted by Crippen LogP contribution is 2.28. The van der Waals surface area contributed by atoms with Gasteiger partial charge in [-0.05, 0) is 34.1 Å². The lowest BCUT2D eigenvalue weighted by molar-refractivity contribution is 0.282. The van der Waals surface area contributed by atoms with E-state index in [9.17, 15) is 17.2 Å². The molecule has 0 bridgehead atoms. The molecule has 2 rings (SSSR count). The van der Waals surface area contributed by atoms with Crippen LogP contribution in [0.15, 0.2) is 40.0 Å². The Labute approximate surface area is 132 Å². The number of hydrogen-bond acceptors (Lipinski definition) is 4. The molecule has 0 amide bonds. The van der Waals surface area contributed by atoms with Crippen LogP contribution >= 0.6 is 26.6 Å². The molecule has 0 fully saturated rings. The van der Waals surface area contributed by atoms with Gasteiger partial charge in [-0.25, -0.2) is 12.8 Å². The summed E-state index contributed by atoms with van der Waals surface area (Å²) in [6.45, 7) is -0.0598. The van der Waals surface area contributed by atoms with Gasteiger partial charge in [0.25, 0.3) is 9.05 Å². The lowest BCUT2D eigenvalue weighted by Gasteiger charge is -2.09. The fourth-order valence-corrected chi connectivity index (χ4v) is 2.81. The first kappa shape index (κ1) is 16.1. The van der Waals surface area contributed by atoms with E-state index in [1.165, 1.54) is 6.20 Å². The Morgan fingerprint density at radius 1 is 1.24 bits per heavy atom. The zero-order valence-corrected chi connectivity index (χ0v) is 13.3. The van der Waals surface area contributed by atoms with Gasteiger partial charge in [0.15, 0.2) is 11.6 Å². The Hall–Kier alpha value is -1.25. The minimum Gasteiger partial charge on any atom is -0.486 e. The maximum Gasteiger partial charge on any atom is 0.264 e. The molecule has 1 aromatic carbocycles. The average Bonchev–Trinajstić information content (AvgIpc) is 2.39. The molecular formula is C12H7BrClF2NO3S. The summed E-state index contributed by atoms with van der Waals surface area (Å²) in [7, 11) is 0.630. The van der Waals surface area contributed by atoms with E-state index in [1.54, 1.807) is 12.3 Å². The summed E-state index contributed by atoms with van der Waals surface area (Å²) >= 11 is 3.21. The van der Waals surface area contributed by atoms with E-state index in [4.69, 9.17) is 15.4 Å². The molecule has 4 nitrogen and oxygen atoms in total. The van der Waals surface area contributed by atoms with Gasteiger partial charge < -0.3 is 4.74 Å². The van der Waals surface area contributed by atoms with Crippen molar-refractivity contribution in [1.29, 1.82) is 0 Å². The summed E-state index contributed by atoms with van der Waals surface area (Å²) in [6, 6.07) is 3.53. The van der Waals surface area contributed by atoms with E-state index in [1.807, 2.05) is 0 Å². The van der Waals surface area contributed by atoms with E-state index < -0.39 is 31.3 Å². The number of aromatic nitrogens is 1. The van der Waals surface area contributed by atoms with Crippen LogP contribution in [-0.4, -0.2) is 13.4 Å². The van der Waals surface area contributed by atoms with Gasteiger partial charge in [-0.1, -0.05) is 0 Å². The van der Waals surface area contributed by atoms with Crippen LogP contribution in [0.3, 0.4) is 0 Å². The van der Waals surface area contributed by atoms with E-state index in [0.717, 1.165) is 12.1 Å². The lowest BCUT2D eigenvalue weighted by Crippen LogP contribution is -2.03. The third kappa shape index (κ3) is 3.90. The minimum absolute atomic E-state index is 0.0598. The van der Waals surface area contributed by atoms with Crippen molar-refractivity contribution >= 4 is 35.7 Å². The predicted octanol–water partition coefficient (Wildman–Crippen LogP) is 3.63. The van der Waals surface area contributed by atoms with Crippen LogP contribution in [0.4, 0.5) is 8.78 Å². The van der Waals surface area contributed by atoms with Gasteiger partial charge in [-0.3, -0.25) is 4.98 Å². The number of hydrogen-bond donors (Lipinski definition) is 0.